The van der Waals surface area contributed by atoms with Crippen molar-refractivity contribution < 1.29 is 4.79 Å². The lowest BCUT2D eigenvalue weighted by Crippen LogP contribution is -2.16. The molecule has 2 N–H and O–H groups in total. The number of amides is 1. The minimum atomic E-state index is -0.369. The van der Waals surface area contributed by atoms with Gasteiger partial charge in [0.15, 0.2) is 4.34 Å². The molecule has 2 aromatic heterocycles. The van der Waals surface area contributed by atoms with Gasteiger partial charge in [-0.2, -0.15) is 0 Å². The fourth-order valence-electron chi connectivity index (χ4n) is 2.00. The molecule has 3 aromatic rings. The quantitative estimate of drug-likeness (QED) is 0.566. The maximum absolute atomic E-state index is 12.4. The Labute approximate surface area is 134 Å². The number of carbonyl (C=O) groups is 1. The Kier molecular flexibility index (Phi) is 4.21. The summed E-state index contributed by atoms with van der Waals surface area (Å²) < 4.78 is 0.800. The second-order valence-electron chi connectivity index (χ2n) is 4.35. The first-order valence-corrected chi connectivity index (χ1v) is 8.37. The Morgan fingerprint density at radius 1 is 1.36 bits per heavy atom. The standard InChI is InChI=1S/C14H12N4O2S2/c1-2-21-14-18-17-13(22-14)16-12(20)9-7-11(19)15-10-6-4-3-5-8(9)10/h3-7H,2H2,1H3,(H,15,19)(H,16,17,20). The third-order valence-corrected chi connectivity index (χ3v) is 4.74. The number of benzene rings is 1. The van der Waals surface area contributed by atoms with Crippen molar-refractivity contribution in [2.45, 2.75) is 11.3 Å². The van der Waals surface area contributed by atoms with Gasteiger partial charge in [0, 0.05) is 17.0 Å². The molecule has 1 amide bonds. The summed E-state index contributed by atoms with van der Waals surface area (Å²) in [5, 5.41) is 11.7. The second-order valence-corrected chi connectivity index (χ2v) is 6.84. The Hall–Kier alpha value is -2.19. The van der Waals surface area contributed by atoms with Crippen LogP contribution < -0.4 is 10.9 Å². The third-order valence-electron chi connectivity index (χ3n) is 2.89. The predicted octanol–water partition coefficient (Wildman–Crippen LogP) is 2.74. The number of nitrogens with zero attached hydrogens (tertiary/aromatic N) is 2. The molecule has 0 aliphatic carbocycles. The predicted molar refractivity (Wildman–Crippen MR) is 88.8 cm³/mol. The van der Waals surface area contributed by atoms with E-state index in [0.717, 1.165) is 10.1 Å². The van der Waals surface area contributed by atoms with Gasteiger partial charge in [-0.25, -0.2) is 0 Å². The molecule has 6 nitrogen and oxygen atoms in total. The molecule has 3 rings (SSSR count). The Balaban J connectivity index is 1.93. The first kappa shape index (κ1) is 14.7. The molecular formula is C14H12N4O2S2. The van der Waals surface area contributed by atoms with Crippen LogP contribution in [0.4, 0.5) is 5.13 Å². The number of anilines is 1. The highest BCUT2D eigenvalue weighted by Crippen LogP contribution is 2.25. The van der Waals surface area contributed by atoms with E-state index in [1.54, 1.807) is 30.0 Å². The van der Waals surface area contributed by atoms with Crippen LogP contribution in [0.3, 0.4) is 0 Å². The maximum atomic E-state index is 12.4. The topological polar surface area (TPSA) is 87.7 Å². The van der Waals surface area contributed by atoms with Crippen LogP contribution in [0.15, 0.2) is 39.5 Å². The highest BCUT2D eigenvalue weighted by atomic mass is 32.2. The summed E-state index contributed by atoms with van der Waals surface area (Å²) in [5.74, 6) is 0.521. The zero-order valence-corrected chi connectivity index (χ0v) is 13.3. The van der Waals surface area contributed by atoms with E-state index in [9.17, 15) is 9.59 Å². The number of H-pyrrole nitrogens is 1. The summed E-state index contributed by atoms with van der Waals surface area (Å²) in [6.45, 7) is 2.02. The fraction of sp³-hybridized carbons (Fsp3) is 0.143. The van der Waals surface area contributed by atoms with Crippen LogP contribution in [0.25, 0.3) is 10.9 Å². The highest BCUT2D eigenvalue weighted by molar-refractivity contribution is 8.01. The number of hydrogen-bond donors (Lipinski definition) is 2. The van der Waals surface area contributed by atoms with Crippen LogP contribution in [0.1, 0.15) is 17.3 Å². The van der Waals surface area contributed by atoms with Crippen LogP contribution in [0.5, 0.6) is 0 Å². The van der Waals surface area contributed by atoms with Gasteiger partial charge in [0.1, 0.15) is 0 Å². The van der Waals surface area contributed by atoms with Gasteiger partial charge in [-0.1, -0.05) is 48.2 Å². The summed E-state index contributed by atoms with van der Waals surface area (Å²) in [7, 11) is 0. The van der Waals surface area contributed by atoms with E-state index in [1.807, 2.05) is 13.0 Å². The molecule has 0 radical (unpaired) electrons. The van der Waals surface area contributed by atoms with Crippen molar-refractivity contribution in [3.8, 4) is 0 Å². The molecule has 1 aromatic carbocycles. The molecule has 8 heteroatoms. The smallest absolute Gasteiger partial charge is 0.258 e. The van der Waals surface area contributed by atoms with Crippen molar-refractivity contribution in [1.29, 1.82) is 0 Å². The van der Waals surface area contributed by atoms with Crippen molar-refractivity contribution >= 4 is 45.0 Å². The summed E-state index contributed by atoms with van der Waals surface area (Å²) in [4.78, 5) is 26.8. The number of aromatic nitrogens is 3. The Bertz CT molecular complexity index is 888. The molecule has 0 bridgehead atoms. The maximum Gasteiger partial charge on any atom is 0.258 e. The van der Waals surface area contributed by atoms with Gasteiger partial charge in [0.2, 0.25) is 10.7 Å². The van der Waals surface area contributed by atoms with E-state index in [1.165, 1.54) is 17.4 Å². The van der Waals surface area contributed by atoms with Gasteiger partial charge in [-0.3, -0.25) is 14.9 Å². The zero-order chi connectivity index (χ0) is 15.5. The molecule has 0 spiro atoms. The number of hydrogen-bond acceptors (Lipinski definition) is 6. The Morgan fingerprint density at radius 3 is 3.00 bits per heavy atom. The normalized spacial score (nSPS) is 10.8. The van der Waals surface area contributed by atoms with Crippen LogP contribution in [0.2, 0.25) is 0 Å². The van der Waals surface area contributed by atoms with Gasteiger partial charge in [-0.05, 0) is 11.8 Å². The van der Waals surface area contributed by atoms with Gasteiger partial charge in [0.25, 0.3) is 5.91 Å². The number of rotatable bonds is 4. The van der Waals surface area contributed by atoms with E-state index < -0.39 is 0 Å². The molecule has 0 atom stereocenters. The van der Waals surface area contributed by atoms with Crippen LogP contribution in [0, 0.1) is 0 Å². The van der Waals surface area contributed by atoms with E-state index in [4.69, 9.17) is 0 Å². The average molecular weight is 332 g/mol. The number of para-hydroxylation sites is 1. The third kappa shape index (κ3) is 3.02. The second kappa shape index (κ2) is 6.29. The molecule has 112 valence electrons. The lowest BCUT2D eigenvalue weighted by Gasteiger charge is -2.05. The fourth-order valence-corrected chi connectivity index (χ4v) is 3.64. The first-order chi connectivity index (χ1) is 10.7. The monoisotopic (exact) mass is 332 g/mol. The number of nitrogens with one attached hydrogen (secondary N) is 2. The van der Waals surface area contributed by atoms with Gasteiger partial charge >= 0.3 is 0 Å². The van der Waals surface area contributed by atoms with Crippen molar-refractivity contribution in [3.05, 3.63) is 46.2 Å². The lowest BCUT2D eigenvalue weighted by atomic mass is 10.1. The summed E-state index contributed by atoms with van der Waals surface area (Å²) in [5.41, 5.74) is 0.627. The van der Waals surface area contributed by atoms with E-state index in [2.05, 4.69) is 20.5 Å². The lowest BCUT2D eigenvalue weighted by molar-refractivity contribution is 0.102. The molecular weight excluding hydrogens is 320 g/mol. The summed E-state index contributed by atoms with van der Waals surface area (Å²) >= 11 is 2.88. The molecule has 0 saturated heterocycles. The minimum Gasteiger partial charge on any atom is -0.322 e. The molecule has 22 heavy (non-hydrogen) atoms. The SMILES string of the molecule is CCSc1nnc(NC(=O)c2cc(=O)[nH]c3ccccc23)s1. The van der Waals surface area contributed by atoms with Crippen LogP contribution >= 0.6 is 23.1 Å². The van der Waals surface area contributed by atoms with Crippen molar-refractivity contribution in [2.75, 3.05) is 11.1 Å². The van der Waals surface area contributed by atoms with Crippen molar-refractivity contribution in [1.82, 2.24) is 15.2 Å². The highest BCUT2D eigenvalue weighted by Gasteiger charge is 2.14. The van der Waals surface area contributed by atoms with Gasteiger partial charge in [-0.15, -0.1) is 10.2 Å². The molecule has 0 saturated carbocycles. The van der Waals surface area contributed by atoms with Gasteiger partial charge in [0.05, 0.1) is 5.56 Å². The van der Waals surface area contributed by atoms with Crippen LogP contribution in [-0.4, -0.2) is 26.8 Å². The Morgan fingerprint density at radius 2 is 2.18 bits per heavy atom. The summed E-state index contributed by atoms with van der Waals surface area (Å²) in [6.07, 6.45) is 0. The number of pyridine rings is 1. The molecule has 0 aliphatic rings. The molecule has 0 aliphatic heterocycles. The van der Waals surface area contributed by atoms with Crippen molar-refractivity contribution in [3.63, 3.8) is 0 Å². The van der Waals surface area contributed by atoms with Gasteiger partial charge < -0.3 is 4.98 Å². The number of fused-ring (bicyclic) bond motifs is 1. The van der Waals surface area contributed by atoms with E-state index >= 15 is 0 Å². The largest absolute Gasteiger partial charge is 0.322 e. The van der Waals surface area contributed by atoms with Crippen molar-refractivity contribution in [2.24, 2.45) is 0 Å². The average Bonchev–Trinajstić information content (AvgIpc) is 2.94. The molecule has 0 unspecified atom stereocenters. The summed E-state index contributed by atoms with van der Waals surface area (Å²) in [6, 6.07) is 8.46. The van der Waals surface area contributed by atoms with Crippen LogP contribution in [-0.2, 0) is 0 Å². The number of thioether (sulfide) groups is 1. The minimum absolute atomic E-state index is 0.316. The number of carbonyl (C=O) groups excluding carboxylic acids is 1. The van der Waals surface area contributed by atoms with E-state index in [-0.39, 0.29) is 11.5 Å². The molecule has 0 fully saturated rings. The van der Waals surface area contributed by atoms with E-state index in [0.29, 0.717) is 21.6 Å². The first-order valence-electron chi connectivity index (χ1n) is 6.57. The molecule has 2 heterocycles. The number of aromatic amines is 1. The zero-order valence-electron chi connectivity index (χ0n) is 11.6.